The highest BCUT2D eigenvalue weighted by Gasteiger charge is 2.07. The van der Waals surface area contributed by atoms with Gasteiger partial charge in [0.1, 0.15) is 0 Å². The van der Waals surface area contributed by atoms with Crippen LogP contribution in [0.3, 0.4) is 0 Å². The molecule has 17 heavy (non-hydrogen) atoms. The van der Waals surface area contributed by atoms with Crippen molar-refractivity contribution in [2.75, 3.05) is 5.32 Å². The number of carboxylic acids is 1. The third-order valence-electron chi connectivity index (χ3n) is 1.66. The molecular weight excluding hydrogens is 269 g/mol. The second-order valence-corrected chi connectivity index (χ2v) is 3.76. The Bertz CT molecular complexity index is 476. The van der Waals surface area contributed by atoms with Gasteiger partial charge in [0.05, 0.1) is 10.0 Å². The highest BCUT2D eigenvalue weighted by Crippen LogP contribution is 2.34. The van der Waals surface area contributed by atoms with Gasteiger partial charge in [-0.2, -0.15) is 0 Å². The minimum atomic E-state index is -1.23. The van der Waals surface area contributed by atoms with Crippen LogP contribution >= 0.6 is 23.2 Å². The SMILES string of the molecule is O=C(O)/C=C/C(=O)Nc1cc(Cl)c(O)c(Cl)c1. The molecule has 0 fully saturated rings. The first-order valence-electron chi connectivity index (χ1n) is 4.30. The molecule has 0 aliphatic rings. The zero-order chi connectivity index (χ0) is 13.0. The molecule has 0 radical (unpaired) electrons. The quantitative estimate of drug-likeness (QED) is 0.584. The summed E-state index contributed by atoms with van der Waals surface area (Å²) in [6, 6.07) is 2.57. The number of carboxylic acid groups (broad SMARTS) is 1. The minimum absolute atomic E-state index is 0.0185. The van der Waals surface area contributed by atoms with E-state index >= 15 is 0 Å². The van der Waals surface area contributed by atoms with Crippen LogP contribution in [-0.4, -0.2) is 22.1 Å². The number of amides is 1. The van der Waals surface area contributed by atoms with E-state index in [9.17, 15) is 14.7 Å². The zero-order valence-electron chi connectivity index (χ0n) is 8.28. The number of carbonyl (C=O) groups excluding carboxylic acids is 1. The molecule has 0 unspecified atom stereocenters. The number of nitrogens with one attached hydrogen (secondary N) is 1. The smallest absolute Gasteiger partial charge is 0.328 e. The van der Waals surface area contributed by atoms with Crippen LogP contribution in [0.5, 0.6) is 5.75 Å². The number of anilines is 1. The third kappa shape index (κ3) is 3.97. The molecule has 5 nitrogen and oxygen atoms in total. The molecule has 0 aliphatic heterocycles. The number of hydrogen-bond donors (Lipinski definition) is 3. The Morgan fingerprint density at radius 2 is 1.71 bits per heavy atom. The predicted molar refractivity (Wildman–Crippen MR) is 63.5 cm³/mol. The first-order chi connectivity index (χ1) is 7.90. The lowest BCUT2D eigenvalue weighted by atomic mass is 10.3. The van der Waals surface area contributed by atoms with Crippen molar-refractivity contribution in [2.24, 2.45) is 0 Å². The fourth-order valence-corrected chi connectivity index (χ4v) is 1.46. The molecule has 3 N–H and O–H groups in total. The number of phenolic OH excluding ortho intramolecular Hbond substituents is 1. The molecule has 1 amide bonds. The summed E-state index contributed by atoms with van der Waals surface area (Å²) in [5, 5.41) is 19.9. The van der Waals surface area contributed by atoms with E-state index in [0.29, 0.717) is 6.08 Å². The van der Waals surface area contributed by atoms with E-state index in [-0.39, 0.29) is 21.5 Å². The zero-order valence-corrected chi connectivity index (χ0v) is 9.79. The van der Waals surface area contributed by atoms with Crippen LogP contribution in [0.25, 0.3) is 0 Å². The second kappa shape index (κ2) is 5.56. The summed E-state index contributed by atoms with van der Waals surface area (Å²) in [7, 11) is 0. The average molecular weight is 276 g/mol. The van der Waals surface area contributed by atoms with Gasteiger partial charge in [-0.1, -0.05) is 23.2 Å². The Morgan fingerprint density at radius 3 is 2.18 bits per heavy atom. The van der Waals surface area contributed by atoms with Crippen LogP contribution in [-0.2, 0) is 9.59 Å². The third-order valence-corrected chi connectivity index (χ3v) is 2.24. The number of halogens is 2. The van der Waals surface area contributed by atoms with Gasteiger partial charge in [-0.05, 0) is 12.1 Å². The van der Waals surface area contributed by atoms with Gasteiger partial charge in [0, 0.05) is 17.8 Å². The van der Waals surface area contributed by atoms with E-state index in [0.717, 1.165) is 6.08 Å². The van der Waals surface area contributed by atoms with Gasteiger partial charge >= 0.3 is 5.97 Å². The predicted octanol–water partition coefficient (Wildman–Crippen LogP) is 2.28. The summed E-state index contributed by atoms with van der Waals surface area (Å²) in [6.45, 7) is 0. The molecule has 0 saturated heterocycles. The van der Waals surface area contributed by atoms with Crippen molar-refractivity contribution < 1.29 is 19.8 Å². The van der Waals surface area contributed by atoms with Gasteiger partial charge < -0.3 is 15.5 Å². The first kappa shape index (κ1) is 13.3. The van der Waals surface area contributed by atoms with Crippen molar-refractivity contribution in [3.63, 3.8) is 0 Å². The summed E-state index contributed by atoms with van der Waals surface area (Å²) >= 11 is 11.3. The lowest BCUT2D eigenvalue weighted by Gasteiger charge is -2.05. The molecule has 0 aromatic heterocycles. The monoisotopic (exact) mass is 275 g/mol. The Balaban J connectivity index is 2.82. The van der Waals surface area contributed by atoms with Gasteiger partial charge in [0.25, 0.3) is 0 Å². The van der Waals surface area contributed by atoms with Gasteiger partial charge in [-0.3, -0.25) is 4.79 Å². The maximum Gasteiger partial charge on any atom is 0.328 e. The Hall–Kier alpha value is -1.72. The molecule has 0 saturated carbocycles. The number of phenols is 1. The summed E-state index contributed by atoms with van der Waals surface area (Å²) < 4.78 is 0. The molecule has 90 valence electrons. The topological polar surface area (TPSA) is 86.6 Å². The molecular formula is C10H7Cl2NO4. The average Bonchev–Trinajstić information content (AvgIpc) is 2.23. The van der Waals surface area contributed by atoms with E-state index in [1.165, 1.54) is 12.1 Å². The minimum Gasteiger partial charge on any atom is -0.505 e. The summed E-state index contributed by atoms with van der Waals surface area (Å²) in [5.74, 6) is -2.17. The van der Waals surface area contributed by atoms with Crippen molar-refractivity contribution in [1.82, 2.24) is 0 Å². The van der Waals surface area contributed by atoms with E-state index in [4.69, 9.17) is 28.3 Å². The van der Waals surface area contributed by atoms with Crippen LogP contribution in [0, 0.1) is 0 Å². The fourth-order valence-electron chi connectivity index (χ4n) is 0.969. The standard InChI is InChI=1S/C10H7Cl2NO4/c11-6-3-5(4-7(12)10(6)17)13-8(14)1-2-9(15)16/h1-4,17H,(H,13,14)(H,15,16)/b2-1+. The number of aliphatic carboxylic acids is 1. The van der Waals surface area contributed by atoms with Crippen LogP contribution in [0.4, 0.5) is 5.69 Å². The lowest BCUT2D eigenvalue weighted by Crippen LogP contribution is -2.08. The van der Waals surface area contributed by atoms with Crippen molar-refractivity contribution in [1.29, 1.82) is 0 Å². The second-order valence-electron chi connectivity index (χ2n) is 2.95. The van der Waals surface area contributed by atoms with Crippen LogP contribution in [0.1, 0.15) is 0 Å². The molecule has 0 heterocycles. The van der Waals surface area contributed by atoms with Gasteiger partial charge in [-0.25, -0.2) is 4.79 Å². The largest absolute Gasteiger partial charge is 0.505 e. The first-order valence-corrected chi connectivity index (χ1v) is 5.05. The van der Waals surface area contributed by atoms with Crippen molar-refractivity contribution in [3.05, 3.63) is 34.3 Å². The maximum atomic E-state index is 11.2. The molecule has 7 heteroatoms. The van der Waals surface area contributed by atoms with Gasteiger partial charge in [-0.15, -0.1) is 0 Å². The lowest BCUT2D eigenvalue weighted by molar-refractivity contribution is -0.131. The van der Waals surface area contributed by atoms with Gasteiger partial charge in [0.15, 0.2) is 5.75 Å². The molecule has 0 atom stereocenters. The highest BCUT2D eigenvalue weighted by atomic mass is 35.5. The molecule has 1 aromatic carbocycles. The van der Waals surface area contributed by atoms with E-state index in [1.54, 1.807) is 0 Å². The van der Waals surface area contributed by atoms with Crippen molar-refractivity contribution in [2.45, 2.75) is 0 Å². The Kier molecular flexibility index (Phi) is 4.37. The summed E-state index contributed by atoms with van der Waals surface area (Å²) in [6.07, 6.45) is 1.54. The Morgan fingerprint density at radius 1 is 1.18 bits per heavy atom. The van der Waals surface area contributed by atoms with Crippen LogP contribution in [0.15, 0.2) is 24.3 Å². The van der Waals surface area contributed by atoms with Crippen LogP contribution in [0.2, 0.25) is 10.0 Å². The highest BCUT2D eigenvalue weighted by molar-refractivity contribution is 6.37. The van der Waals surface area contributed by atoms with E-state index in [1.807, 2.05) is 0 Å². The molecule has 0 bridgehead atoms. The van der Waals surface area contributed by atoms with Crippen molar-refractivity contribution in [3.8, 4) is 5.75 Å². The number of aromatic hydroxyl groups is 1. The number of carbonyl (C=O) groups is 2. The van der Waals surface area contributed by atoms with E-state index in [2.05, 4.69) is 5.32 Å². The fraction of sp³-hybridized carbons (Fsp3) is 0. The molecule has 1 aromatic rings. The van der Waals surface area contributed by atoms with Crippen LogP contribution < -0.4 is 5.32 Å². The Labute approximate surface area is 106 Å². The number of rotatable bonds is 3. The molecule has 0 spiro atoms. The number of hydrogen-bond acceptors (Lipinski definition) is 3. The molecule has 1 rings (SSSR count). The summed E-state index contributed by atoms with van der Waals surface area (Å²) in [5.41, 5.74) is 0.248. The summed E-state index contributed by atoms with van der Waals surface area (Å²) in [4.78, 5) is 21.4. The van der Waals surface area contributed by atoms with Crippen molar-refractivity contribution >= 4 is 40.8 Å². The van der Waals surface area contributed by atoms with E-state index < -0.39 is 11.9 Å². The normalized spacial score (nSPS) is 10.5. The molecule has 0 aliphatic carbocycles. The van der Waals surface area contributed by atoms with Gasteiger partial charge in [0.2, 0.25) is 5.91 Å². The number of benzene rings is 1. The maximum absolute atomic E-state index is 11.2.